The molecule has 222 valence electrons. The van der Waals surface area contributed by atoms with Crippen LogP contribution in [0.25, 0.3) is 20.8 Å². The molecular weight excluding hydrogens is 580 g/mol. The van der Waals surface area contributed by atoms with Gasteiger partial charge in [-0.3, -0.25) is 4.79 Å². The van der Waals surface area contributed by atoms with Crippen molar-refractivity contribution in [2.75, 3.05) is 32.9 Å². The number of nitrogens with one attached hydrogen (secondary N) is 1. The van der Waals surface area contributed by atoms with Crippen LogP contribution in [-0.2, 0) is 9.53 Å². The zero-order valence-corrected chi connectivity index (χ0v) is 24.7. The van der Waals surface area contributed by atoms with E-state index in [2.05, 4.69) is 23.5 Å². The number of phenolic OH excluding ortho intramolecular Hbond substituents is 1. The number of thiazole rings is 1. The van der Waals surface area contributed by atoms with Gasteiger partial charge in [0.2, 0.25) is 12.5 Å². The number of para-hydroxylation sites is 1. The number of rotatable bonds is 6. The molecule has 2 N–H and O–H groups in total. The van der Waals surface area contributed by atoms with Crippen LogP contribution in [0.5, 0.6) is 28.7 Å². The average molecular weight is 609 g/mol. The number of nitrogens with zero attached hydrogens (tertiary/aromatic N) is 1. The van der Waals surface area contributed by atoms with Gasteiger partial charge < -0.3 is 34.1 Å². The number of carbonyl (C=O) groups excluding carboxylic acids is 1. The molecule has 10 heteroatoms. The van der Waals surface area contributed by atoms with Gasteiger partial charge in [-0.05, 0) is 77.4 Å². The largest absolute Gasteiger partial charge is 0.502 e. The van der Waals surface area contributed by atoms with Gasteiger partial charge >= 0.3 is 5.97 Å². The quantitative estimate of drug-likeness (QED) is 0.209. The molecule has 1 fully saturated rings. The van der Waals surface area contributed by atoms with Gasteiger partial charge in [-0.15, -0.1) is 11.3 Å². The molecule has 4 aromatic carbocycles. The molecule has 3 heterocycles. The van der Waals surface area contributed by atoms with Gasteiger partial charge in [0.05, 0.1) is 43.0 Å². The van der Waals surface area contributed by atoms with Crippen molar-refractivity contribution in [3.05, 3.63) is 89.5 Å². The predicted octanol–water partition coefficient (Wildman–Crippen LogP) is 6.50. The van der Waals surface area contributed by atoms with Crippen molar-refractivity contribution in [1.29, 1.82) is 0 Å². The highest BCUT2D eigenvalue weighted by Gasteiger charge is 2.52. The minimum atomic E-state index is -0.499. The number of esters is 1. The molecule has 5 aromatic rings. The number of anilines is 1. The summed E-state index contributed by atoms with van der Waals surface area (Å²) in [7, 11) is 2.97. The van der Waals surface area contributed by atoms with Gasteiger partial charge in [-0.1, -0.05) is 12.1 Å². The van der Waals surface area contributed by atoms with E-state index in [0.717, 1.165) is 43.2 Å². The smallest absolute Gasteiger partial charge is 0.310 e. The van der Waals surface area contributed by atoms with Crippen LogP contribution in [0, 0.1) is 11.8 Å². The lowest BCUT2D eigenvalue weighted by atomic mass is 9.65. The van der Waals surface area contributed by atoms with E-state index in [1.807, 2.05) is 42.5 Å². The van der Waals surface area contributed by atoms with E-state index in [1.54, 1.807) is 23.5 Å². The van der Waals surface area contributed by atoms with Crippen molar-refractivity contribution in [2.24, 2.45) is 11.8 Å². The topological polar surface area (TPSA) is 108 Å². The first-order chi connectivity index (χ1) is 21.5. The Kier molecular flexibility index (Phi) is 6.26. The first-order valence-electron chi connectivity index (χ1n) is 14.3. The Morgan fingerprint density at radius 1 is 0.909 bits per heavy atom. The van der Waals surface area contributed by atoms with E-state index >= 15 is 0 Å². The lowest BCUT2D eigenvalue weighted by molar-refractivity contribution is -0.141. The molecule has 1 saturated heterocycles. The predicted molar refractivity (Wildman–Crippen MR) is 165 cm³/mol. The molecule has 9 nitrogen and oxygen atoms in total. The fraction of sp³-hybridized carbons (Fsp3) is 0.235. The van der Waals surface area contributed by atoms with Gasteiger partial charge in [0, 0.05) is 23.1 Å². The summed E-state index contributed by atoms with van der Waals surface area (Å²) in [5, 5.41) is 15.3. The summed E-state index contributed by atoms with van der Waals surface area (Å²) in [6.07, 6.45) is 0. The number of ether oxygens (including phenoxy) is 5. The van der Waals surface area contributed by atoms with E-state index in [0.29, 0.717) is 11.5 Å². The first kappa shape index (κ1) is 26.7. The molecule has 8 rings (SSSR count). The highest BCUT2D eigenvalue weighted by atomic mass is 32.1. The number of benzene rings is 4. The monoisotopic (exact) mass is 608 g/mol. The van der Waals surface area contributed by atoms with Crippen LogP contribution in [0.3, 0.4) is 0 Å². The number of hydrogen-bond acceptors (Lipinski definition) is 10. The zero-order chi connectivity index (χ0) is 29.9. The second kappa shape index (κ2) is 10.3. The minimum absolute atomic E-state index is 0.0974. The maximum Gasteiger partial charge on any atom is 0.310 e. The Bertz CT molecular complexity index is 1860. The van der Waals surface area contributed by atoms with Crippen molar-refractivity contribution in [3.8, 4) is 39.3 Å². The standard InChI is InChI=1S/C34H28N2O7S/c1-39-26-11-18(12-27(40-2)32(26)37)29-20-13-24-25(43-16-42-24)14-21(20)31(22-15-41-34(38)30(22)29)35-19-9-7-17(8-10-19)33-36-23-5-3-4-6-28(23)44-33/h3-14,22,29-31,35,37H,15-16H2,1-2H3/t22-,29+,30-,31+/m0/s1. The van der Waals surface area contributed by atoms with Crippen molar-refractivity contribution >= 4 is 33.2 Å². The molecule has 44 heavy (non-hydrogen) atoms. The van der Waals surface area contributed by atoms with Crippen LogP contribution in [-0.4, -0.2) is 43.7 Å². The summed E-state index contributed by atoms with van der Waals surface area (Å²) in [5.74, 6) is 0.349. The maximum absolute atomic E-state index is 13.5. The fourth-order valence-electron chi connectivity index (χ4n) is 6.73. The van der Waals surface area contributed by atoms with Crippen molar-refractivity contribution in [3.63, 3.8) is 0 Å². The van der Waals surface area contributed by atoms with E-state index in [1.165, 1.54) is 14.2 Å². The molecule has 2 aliphatic heterocycles. The van der Waals surface area contributed by atoms with Gasteiger partial charge in [-0.2, -0.15) is 0 Å². The van der Waals surface area contributed by atoms with Crippen molar-refractivity contribution in [1.82, 2.24) is 4.98 Å². The second-order valence-electron chi connectivity index (χ2n) is 11.1. The van der Waals surface area contributed by atoms with Crippen LogP contribution in [0.1, 0.15) is 28.7 Å². The minimum Gasteiger partial charge on any atom is -0.502 e. The maximum atomic E-state index is 13.5. The molecule has 3 aliphatic rings. The van der Waals surface area contributed by atoms with E-state index in [9.17, 15) is 9.90 Å². The summed E-state index contributed by atoms with van der Waals surface area (Å²) in [6.45, 7) is 0.395. The Balaban J connectivity index is 1.21. The Hall–Kier alpha value is -4.96. The van der Waals surface area contributed by atoms with Crippen molar-refractivity contribution in [2.45, 2.75) is 12.0 Å². The van der Waals surface area contributed by atoms with Gasteiger partial charge in [0.15, 0.2) is 23.0 Å². The number of phenols is 1. The van der Waals surface area contributed by atoms with Crippen molar-refractivity contribution < 1.29 is 33.6 Å². The van der Waals surface area contributed by atoms with Gasteiger partial charge in [-0.25, -0.2) is 4.98 Å². The molecule has 4 atom stereocenters. The third-order valence-corrected chi connectivity index (χ3v) is 9.88. The molecule has 0 unspecified atom stereocenters. The summed E-state index contributed by atoms with van der Waals surface area (Å²) in [5.41, 5.74) is 5.60. The third-order valence-electron chi connectivity index (χ3n) is 8.80. The highest BCUT2D eigenvalue weighted by molar-refractivity contribution is 7.21. The van der Waals surface area contributed by atoms with Crippen LogP contribution in [0.2, 0.25) is 0 Å². The van der Waals surface area contributed by atoms with E-state index in [-0.39, 0.29) is 48.6 Å². The summed E-state index contributed by atoms with van der Waals surface area (Å²) < 4.78 is 29.4. The fourth-order valence-corrected chi connectivity index (χ4v) is 7.70. The third kappa shape index (κ3) is 4.20. The van der Waals surface area contributed by atoms with Crippen LogP contribution in [0.15, 0.2) is 72.8 Å². The number of aromatic nitrogens is 1. The molecule has 1 aliphatic carbocycles. The Morgan fingerprint density at radius 2 is 1.61 bits per heavy atom. The lowest BCUT2D eigenvalue weighted by Crippen LogP contribution is -2.37. The highest BCUT2D eigenvalue weighted by Crippen LogP contribution is 2.56. The molecule has 0 bridgehead atoms. The summed E-state index contributed by atoms with van der Waals surface area (Å²) in [6, 6.07) is 23.6. The van der Waals surface area contributed by atoms with Crippen LogP contribution in [0.4, 0.5) is 5.69 Å². The number of fused-ring (bicyclic) bond motifs is 4. The van der Waals surface area contributed by atoms with Crippen LogP contribution < -0.4 is 24.3 Å². The Labute approximate surface area is 256 Å². The number of aromatic hydroxyl groups is 1. The first-order valence-corrected chi connectivity index (χ1v) is 15.1. The number of carbonyl (C=O) groups is 1. The normalized spacial score (nSPS) is 21.5. The van der Waals surface area contributed by atoms with E-state index in [4.69, 9.17) is 28.7 Å². The van der Waals surface area contributed by atoms with Gasteiger partial charge in [0.1, 0.15) is 5.01 Å². The second-order valence-corrected chi connectivity index (χ2v) is 12.1. The molecule has 0 radical (unpaired) electrons. The SMILES string of the molecule is COc1cc([C@@H]2c3cc4c(cc3[C@@H](Nc3ccc(-c5nc6ccccc6s5)cc3)[C@H]3COC(=O)[C@H]23)OCO4)cc(OC)c1O. The number of hydrogen-bond donors (Lipinski definition) is 2. The molecule has 0 spiro atoms. The molecule has 1 aromatic heterocycles. The number of cyclic esters (lactones) is 1. The summed E-state index contributed by atoms with van der Waals surface area (Å²) in [4.78, 5) is 18.3. The summed E-state index contributed by atoms with van der Waals surface area (Å²) >= 11 is 1.67. The number of methoxy groups -OCH3 is 2. The molecule has 0 saturated carbocycles. The van der Waals surface area contributed by atoms with Gasteiger partial charge in [0.25, 0.3) is 0 Å². The van der Waals surface area contributed by atoms with Crippen LogP contribution >= 0.6 is 11.3 Å². The molecule has 0 amide bonds. The van der Waals surface area contributed by atoms with E-state index < -0.39 is 11.8 Å². The molecular formula is C34H28N2O7S. The average Bonchev–Trinajstić information content (AvgIpc) is 3.79. The Morgan fingerprint density at radius 3 is 2.32 bits per heavy atom. The zero-order valence-electron chi connectivity index (χ0n) is 23.9. The lowest BCUT2D eigenvalue weighted by Gasteiger charge is -2.40.